The lowest BCUT2D eigenvalue weighted by Crippen LogP contribution is -2.48. The fourth-order valence-electron chi connectivity index (χ4n) is 3.62. The Morgan fingerprint density at radius 3 is 2.55 bits per heavy atom. The number of hydrogen-bond donors (Lipinski definition) is 1. The maximum Gasteiger partial charge on any atom is 0.291 e. The van der Waals surface area contributed by atoms with Crippen molar-refractivity contribution in [1.29, 1.82) is 0 Å². The van der Waals surface area contributed by atoms with E-state index in [1.165, 1.54) is 0 Å². The fraction of sp³-hybridized carbons (Fsp3) is 0.273. The van der Waals surface area contributed by atoms with Gasteiger partial charge in [0.1, 0.15) is 5.58 Å². The summed E-state index contributed by atoms with van der Waals surface area (Å²) >= 11 is 6.49. The van der Waals surface area contributed by atoms with E-state index in [4.69, 9.17) is 16.0 Å². The van der Waals surface area contributed by atoms with Gasteiger partial charge in [-0.05, 0) is 24.3 Å². The number of hydrogen-bond acceptors (Lipinski definition) is 4. The molecule has 3 aromatic rings. The largest absolute Gasteiger partial charge is 0.451 e. The third-order valence-corrected chi connectivity index (χ3v) is 5.44. The predicted molar refractivity (Wildman–Crippen MR) is 115 cm³/mol. The van der Waals surface area contributed by atoms with E-state index in [-0.39, 0.29) is 17.6 Å². The van der Waals surface area contributed by atoms with E-state index in [9.17, 15) is 9.59 Å². The molecule has 2 aromatic carbocycles. The number of nitrogens with one attached hydrogen (secondary N) is 1. The highest BCUT2D eigenvalue weighted by molar-refractivity contribution is 6.34. The number of nitrogens with zero attached hydrogens (tertiary/aromatic N) is 2. The lowest BCUT2D eigenvalue weighted by molar-refractivity contribution is -0.131. The molecule has 150 valence electrons. The number of carbonyl (C=O) groups is 2. The van der Waals surface area contributed by atoms with Crippen molar-refractivity contribution < 1.29 is 14.0 Å². The first-order valence-corrected chi connectivity index (χ1v) is 10.1. The molecule has 0 aliphatic carbocycles. The molecule has 0 radical (unpaired) electrons. The van der Waals surface area contributed by atoms with Gasteiger partial charge in [0, 0.05) is 38.0 Å². The first kappa shape index (κ1) is 19.3. The van der Waals surface area contributed by atoms with Crippen molar-refractivity contribution in [3.63, 3.8) is 0 Å². The summed E-state index contributed by atoms with van der Waals surface area (Å²) in [5.41, 5.74) is 2.06. The molecule has 4 rings (SSSR count). The number of anilines is 2. The fourth-order valence-corrected chi connectivity index (χ4v) is 3.91. The van der Waals surface area contributed by atoms with Gasteiger partial charge in [-0.3, -0.25) is 9.59 Å². The first-order chi connectivity index (χ1) is 14.1. The van der Waals surface area contributed by atoms with Gasteiger partial charge in [0.25, 0.3) is 5.91 Å². The molecule has 1 aliphatic rings. The zero-order chi connectivity index (χ0) is 20.4. The topological polar surface area (TPSA) is 65.8 Å². The molecule has 0 spiro atoms. The van der Waals surface area contributed by atoms with Gasteiger partial charge in [0.2, 0.25) is 5.91 Å². The number of para-hydroxylation sites is 2. The van der Waals surface area contributed by atoms with Gasteiger partial charge in [-0.25, -0.2) is 0 Å². The number of carbonyl (C=O) groups excluding carboxylic acids is 2. The maximum absolute atomic E-state index is 12.8. The van der Waals surface area contributed by atoms with Crippen molar-refractivity contribution >= 4 is 45.8 Å². The van der Waals surface area contributed by atoms with Crippen LogP contribution in [0.5, 0.6) is 0 Å². The highest BCUT2D eigenvalue weighted by Gasteiger charge is 2.24. The quantitative estimate of drug-likeness (QED) is 0.691. The summed E-state index contributed by atoms with van der Waals surface area (Å²) in [4.78, 5) is 28.7. The smallest absolute Gasteiger partial charge is 0.291 e. The van der Waals surface area contributed by atoms with Crippen LogP contribution in [0, 0.1) is 0 Å². The molecule has 1 aliphatic heterocycles. The van der Waals surface area contributed by atoms with Crippen molar-refractivity contribution in [3.8, 4) is 0 Å². The molecule has 1 aromatic heterocycles. The van der Waals surface area contributed by atoms with E-state index in [1.54, 1.807) is 18.2 Å². The van der Waals surface area contributed by atoms with Crippen molar-refractivity contribution in [3.05, 3.63) is 59.3 Å². The molecule has 2 heterocycles. The number of halogens is 1. The minimum atomic E-state index is -0.329. The Balaban J connectivity index is 1.55. The molecule has 1 N–H and O–H groups in total. The minimum Gasteiger partial charge on any atom is -0.451 e. The van der Waals surface area contributed by atoms with Gasteiger partial charge < -0.3 is 19.5 Å². The van der Waals surface area contributed by atoms with Crippen LogP contribution in [-0.4, -0.2) is 42.9 Å². The summed E-state index contributed by atoms with van der Waals surface area (Å²) < 4.78 is 5.67. The van der Waals surface area contributed by atoms with Gasteiger partial charge in [-0.2, -0.15) is 0 Å². The average Bonchev–Trinajstić information content (AvgIpc) is 3.18. The van der Waals surface area contributed by atoms with Crippen LogP contribution < -0.4 is 10.2 Å². The van der Waals surface area contributed by atoms with Crippen LogP contribution in [-0.2, 0) is 4.79 Å². The Bertz CT molecular complexity index is 1020. The Morgan fingerprint density at radius 1 is 1.07 bits per heavy atom. The standard InChI is InChI=1S/C22H22ClN3O3/c1-2-20(27)25-10-12-26(13-11-25)21-16(23)7-5-8-17(21)24-22(28)19-14-15-6-3-4-9-18(15)29-19/h3-9,14H,2,10-13H2,1H3,(H,24,28). The number of rotatable bonds is 4. The van der Waals surface area contributed by atoms with Gasteiger partial charge in [0.15, 0.2) is 5.76 Å². The predicted octanol–water partition coefficient (Wildman–Crippen LogP) is 4.40. The van der Waals surface area contributed by atoms with E-state index >= 15 is 0 Å². The van der Waals surface area contributed by atoms with Crippen molar-refractivity contribution in [2.45, 2.75) is 13.3 Å². The van der Waals surface area contributed by atoms with E-state index in [2.05, 4.69) is 10.2 Å². The second-order valence-electron chi connectivity index (χ2n) is 6.96. The number of amides is 2. The minimum absolute atomic E-state index is 0.155. The van der Waals surface area contributed by atoms with Crippen LogP contribution >= 0.6 is 11.6 Å². The van der Waals surface area contributed by atoms with Gasteiger partial charge in [-0.1, -0.05) is 42.8 Å². The molecular weight excluding hydrogens is 390 g/mol. The van der Waals surface area contributed by atoms with Crippen LogP contribution in [0.2, 0.25) is 5.02 Å². The summed E-state index contributed by atoms with van der Waals surface area (Å²) in [6.45, 7) is 4.45. The molecule has 0 atom stereocenters. The monoisotopic (exact) mass is 411 g/mol. The summed E-state index contributed by atoms with van der Waals surface area (Å²) in [5, 5.41) is 4.37. The number of benzene rings is 2. The van der Waals surface area contributed by atoms with E-state index in [1.807, 2.05) is 42.2 Å². The van der Waals surface area contributed by atoms with Crippen LogP contribution in [0.15, 0.2) is 52.9 Å². The Kier molecular flexibility index (Phi) is 5.45. The molecule has 1 saturated heterocycles. The Hall–Kier alpha value is -2.99. The summed E-state index contributed by atoms with van der Waals surface area (Å²) in [6.07, 6.45) is 0.505. The number of furan rings is 1. The van der Waals surface area contributed by atoms with Crippen LogP contribution in [0.25, 0.3) is 11.0 Å². The third kappa shape index (κ3) is 3.93. The van der Waals surface area contributed by atoms with E-state index in [0.29, 0.717) is 48.9 Å². The highest BCUT2D eigenvalue weighted by Crippen LogP contribution is 2.35. The zero-order valence-corrected chi connectivity index (χ0v) is 16.9. The maximum atomic E-state index is 12.8. The molecule has 7 heteroatoms. The van der Waals surface area contributed by atoms with Crippen molar-refractivity contribution in [2.24, 2.45) is 0 Å². The molecule has 1 fully saturated rings. The molecule has 0 bridgehead atoms. The Morgan fingerprint density at radius 2 is 1.83 bits per heavy atom. The molecule has 2 amide bonds. The van der Waals surface area contributed by atoms with E-state index in [0.717, 1.165) is 11.1 Å². The molecular formula is C22H22ClN3O3. The number of piperazine rings is 1. The second kappa shape index (κ2) is 8.17. The van der Waals surface area contributed by atoms with Crippen molar-refractivity contribution in [2.75, 3.05) is 36.4 Å². The van der Waals surface area contributed by atoms with Gasteiger partial charge in [-0.15, -0.1) is 0 Å². The average molecular weight is 412 g/mol. The zero-order valence-electron chi connectivity index (χ0n) is 16.2. The van der Waals surface area contributed by atoms with Crippen LogP contribution in [0.1, 0.15) is 23.9 Å². The summed E-state index contributed by atoms with van der Waals surface area (Å²) in [6, 6.07) is 14.7. The van der Waals surface area contributed by atoms with Crippen LogP contribution in [0.4, 0.5) is 11.4 Å². The second-order valence-corrected chi connectivity index (χ2v) is 7.37. The van der Waals surface area contributed by atoms with E-state index < -0.39 is 0 Å². The molecule has 29 heavy (non-hydrogen) atoms. The normalized spacial score (nSPS) is 14.3. The Labute approximate surface area is 174 Å². The van der Waals surface area contributed by atoms with Gasteiger partial charge in [0.05, 0.1) is 16.4 Å². The molecule has 0 unspecified atom stereocenters. The van der Waals surface area contributed by atoms with Crippen LogP contribution in [0.3, 0.4) is 0 Å². The lowest BCUT2D eigenvalue weighted by atomic mass is 10.2. The van der Waals surface area contributed by atoms with Gasteiger partial charge >= 0.3 is 0 Å². The molecule has 0 saturated carbocycles. The molecule has 6 nitrogen and oxygen atoms in total. The SMILES string of the molecule is CCC(=O)N1CCN(c2c(Cl)cccc2NC(=O)c2cc3ccccc3o2)CC1. The van der Waals surface area contributed by atoms with Crippen molar-refractivity contribution in [1.82, 2.24) is 4.90 Å². The summed E-state index contributed by atoms with van der Waals surface area (Å²) in [5.74, 6) is 0.0715. The number of fused-ring (bicyclic) bond motifs is 1. The third-order valence-electron chi connectivity index (χ3n) is 5.14. The first-order valence-electron chi connectivity index (χ1n) is 9.68. The highest BCUT2D eigenvalue weighted by atomic mass is 35.5. The summed E-state index contributed by atoms with van der Waals surface area (Å²) in [7, 11) is 0. The lowest BCUT2D eigenvalue weighted by Gasteiger charge is -2.37.